The van der Waals surface area contributed by atoms with E-state index >= 15 is 0 Å². The van der Waals surface area contributed by atoms with Crippen LogP contribution in [-0.4, -0.2) is 10.2 Å². The molecule has 0 atom stereocenters. The van der Waals surface area contributed by atoms with Gasteiger partial charge in [0.15, 0.2) is 0 Å². The van der Waals surface area contributed by atoms with Crippen LogP contribution in [0.2, 0.25) is 0 Å². The zero-order chi connectivity index (χ0) is 20.0. The fraction of sp³-hybridized carbons (Fsp3) is 0.0769. The number of aromatic hydroxyl groups is 2. The Morgan fingerprint density at radius 2 is 1.28 bits per heavy atom. The molecular weight excluding hydrogens is 360 g/mol. The fourth-order valence-corrected chi connectivity index (χ4v) is 3.98. The van der Waals surface area contributed by atoms with Gasteiger partial charge in [-0.05, 0) is 35.6 Å². The first-order valence-electron chi connectivity index (χ1n) is 9.72. The highest BCUT2D eigenvalue weighted by Gasteiger charge is 2.15. The number of ether oxygens (including phenoxy) is 1. The molecule has 0 heterocycles. The van der Waals surface area contributed by atoms with Crippen LogP contribution in [0.1, 0.15) is 12.5 Å². The molecule has 0 amide bonds. The topological polar surface area (TPSA) is 49.7 Å². The third-order valence-corrected chi connectivity index (χ3v) is 5.50. The van der Waals surface area contributed by atoms with Gasteiger partial charge in [0.25, 0.3) is 0 Å². The minimum absolute atomic E-state index is 0.146. The Hall–Kier alpha value is -3.72. The molecule has 0 fully saturated rings. The van der Waals surface area contributed by atoms with E-state index in [4.69, 9.17) is 4.74 Å². The standard InChI is InChI=1S/C26H20O3/c1-2-16-11-12-17-7-3-4-8-19(17)26(16)29-18-13-14-22-23(15-18)25(28)21-10-6-5-9-20(21)24(22)27/h3-15,27-28H,2H2,1H3. The highest BCUT2D eigenvalue weighted by Crippen LogP contribution is 2.43. The molecule has 0 aliphatic carbocycles. The molecule has 0 aliphatic rings. The first-order valence-corrected chi connectivity index (χ1v) is 9.72. The average Bonchev–Trinajstić information content (AvgIpc) is 2.77. The quantitative estimate of drug-likeness (QED) is 0.264. The molecule has 0 aromatic heterocycles. The van der Waals surface area contributed by atoms with Gasteiger partial charge in [0.2, 0.25) is 0 Å². The van der Waals surface area contributed by atoms with Gasteiger partial charge in [0.1, 0.15) is 23.0 Å². The van der Waals surface area contributed by atoms with E-state index in [1.165, 1.54) is 0 Å². The van der Waals surface area contributed by atoms with Crippen molar-refractivity contribution in [2.24, 2.45) is 0 Å². The number of benzene rings is 5. The Morgan fingerprint density at radius 3 is 2.00 bits per heavy atom. The second kappa shape index (κ2) is 6.71. The summed E-state index contributed by atoms with van der Waals surface area (Å²) in [5.74, 6) is 1.76. The Balaban J connectivity index is 1.70. The minimum atomic E-state index is 0.146. The number of hydrogen-bond donors (Lipinski definition) is 2. The van der Waals surface area contributed by atoms with Crippen LogP contribution in [-0.2, 0) is 6.42 Å². The molecule has 0 unspecified atom stereocenters. The van der Waals surface area contributed by atoms with E-state index in [1.54, 1.807) is 24.3 Å². The summed E-state index contributed by atoms with van der Waals surface area (Å²) in [6.07, 6.45) is 0.852. The summed E-state index contributed by atoms with van der Waals surface area (Å²) in [6.45, 7) is 2.10. The van der Waals surface area contributed by atoms with E-state index in [0.717, 1.165) is 28.5 Å². The van der Waals surface area contributed by atoms with Gasteiger partial charge in [-0.2, -0.15) is 0 Å². The monoisotopic (exact) mass is 380 g/mol. The van der Waals surface area contributed by atoms with Gasteiger partial charge in [-0.1, -0.05) is 67.6 Å². The average molecular weight is 380 g/mol. The predicted molar refractivity (Wildman–Crippen MR) is 118 cm³/mol. The molecule has 3 nitrogen and oxygen atoms in total. The molecule has 0 bridgehead atoms. The number of hydrogen-bond acceptors (Lipinski definition) is 3. The summed E-state index contributed by atoms with van der Waals surface area (Å²) in [6, 6.07) is 25.1. The number of phenols is 2. The number of phenolic OH excluding ortho intramolecular Hbond substituents is 2. The van der Waals surface area contributed by atoms with Gasteiger partial charge in [0.05, 0.1) is 0 Å². The molecule has 5 aromatic carbocycles. The number of fused-ring (bicyclic) bond motifs is 3. The van der Waals surface area contributed by atoms with E-state index < -0.39 is 0 Å². The molecular formula is C26H20O3. The van der Waals surface area contributed by atoms with E-state index in [2.05, 4.69) is 31.2 Å². The van der Waals surface area contributed by atoms with E-state index in [9.17, 15) is 10.2 Å². The number of aryl methyl sites for hydroxylation is 1. The highest BCUT2D eigenvalue weighted by molar-refractivity contribution is 6.10. The van der Waals surface area contributed by atoms with Crippen LogP contribution in [0.25, 0.3) is 32.3 Å². The van der Waals surface area contributed by atoms with E-state index in [0.29, 0.717) is 27.3 Å². The highest BCUT2D eigenvalue weighted by atomic mass is 16.5. The van der Waals surface area contributed by atoms with Crippen molar-refractivity contribution in [3.05, 3.63) is 84.4 Å². The summed E-state index contributed by atoms with van der Waals surface area (Å²) in [4.78, 5) is 0. The van der Waals surface area contributed by atoms with E-state index in [-0.39, 0.29) is 11.5 Å². The van der Waals surface area contributed by atoms with Gasteiger partial charge in [-0.25, -0.2) is 0 Å². The zero-order valence-electron chi connectivity index (χ0n) is 16.0. The molecule has 0 aliphatic heterocycles. The second-order valence-corrected chi connectivity index (χ2v) is 7.18. The molecule has 29 heavy (non-hydrogen) atoms. The van der Waals surface area contributed by atoms with Gasteiger partial charge in [-0.3, -0.25) is 0 Å². The van der Waals surface area contributed by atoms with Gasteiger partial charge in [0, 0.05) is 26.9 Å². The molecule has 0 radical (unpaired) electrons. The van der Waals surface area contributed by atoms with Gasteiger partial charge < -0.3 is 14.9 Å². The maximum absolute atomic E-state index is 10.8. The summed E-state index contributed by atoms with van der Waals surface area (Å²) in [5.41, 5.74) is 1.12. The lowest BCUT2D eigenvalue weighted by atomic mass is 10.0. The summed E-state index contributed by atoms with van der Waals surface area (Å²) >= 11 is 0. The van der Waals surface area contributed by atoms with Crippen LogP contribution in [0.3, 0.4) is 0 Å². The Kier molecular flexibility index (Phi) is 4.02. The van der Waals surface area contributed by atoms with Crippen molar-refractivity contribution in [1.29, 1.82) is 0 Å². The van der Waals surface area contributed by atoms with Crippen molar-refractivity contribution in [1.82, 2.24) is 0 Å². The van der Waals surface area contributed by atoms with Crippen LogP contribution in [0.4, 0.5) is 0 Å². The summed E-state index contributed by atoms with van der Waals surface area (Å²) in [5, 5.41) is 26.1. The van der Waals surface area contributed by atoms with Gasteiger partial charge in [-0.15, -0.1) is 0 Å². The lowest BCUT2D eigenvalue weighted by molar-refractivity contribution is 0.474. The van der Waals surface area contributed by atoms with E-state index in [1.807, 2.05) is 30.3 Å². The SMILES string of the molecule is CCc1ccc2ccccc2c1Oc1ccc2c(O)c3ccccc3c(O)c2c1. The predicted octanol–water partition coefficient (Wildman–Crippen LogP) is 6.91. The Morgan fingerprint density at radius 1 is 0.655 bits per heavy atom. The fourth-order valence-electron chi connectivity index (χ4n) is 3.98. The summed E-state index contributed by atoms with van der Waals surface area (Å²) < 4.78 is 6.34. The first-order chi connectivity index (χ1) is 14.2. The van der Waals surface area contributed by atoms with Crippen molar-refractivity contribution in [3.63, 3.8) is 0 Å². The molecule has 0 saturated heterocycles. The molecule has 0 saturated carbocycles. The van der Waals surface area contributed by atoms with Crippen molar-refractivity contribution < 1.29 is 14.9 Å². The maximum Gasteiger partial charge on any atom is 0.138 e. The van der Waals surface area contributed by atoms with Crippen molar-refractivity contribution in [3.8, 4) is 23.0 Å². The number of rotatable bonds is 3. The lowest BCUT2D eigenvalue weighted by Crippen LogP contribution is -1.92. The minimum Gasteiger partial charge on any atom is -0.507 e. The molecule has 142 valence electrons. The molecule has 5 aromatic rings. The lowest BCUT2D eigenvalue weighted by Gasteiger charge is -2.15. The van der Waals surface area contributed by atoms with Crippen LogP contribution in [0.5, 0.6) is 23.0 Å². The smallest absolute Gasteiger partial charge is 0.138 e. The Labute approximate surface area is 168 Å². The van der Waals surface area contributed by atoms with Gasteiger partial charge >= 0.3 is 0 Å². The zero-order valence-corrected chi connectivity index (χ0v) is 16.0. The van der Waals surface area contributed by atoms with Crippen LogP contribution < -0.4 is 4.74 Å². The Bertz CT molecular complexity index is 1390. The third-order valence-electron chi connectivity index (χ3n) is 5.50. The summed E-state index contributed by atoms with van der Waals surface area (Å²) in [7, 11) is 0. The largest absolute Gasteiger partial charge is 0.507 e. The van der Waals surface area contributed by atoms with Crippen molar-refractivity contribution >= 4 is 32.3 Å². The maximum atomic E-state index is 10.8. The van der Waals surface area contributed by atoms with Crippen LogP contribution >= 0.6 is 0 Å². The second-order valence-electron chi connectivity index (χ2n) is 7.18. The van der Waals surface area contributed by atoms with Crippen molar-refractivity contribution in [2.75, 3.05) is 0 Å². The normalized spacial score (nSPS) is 11.3. The van der Waals surface area contributed by atoms with Crippen LogP contribution in [0.15, 0.2) is 78.9 Å². The molecule has 0 spiro atoms. The molecule has 2 N–H and O–H groups in total. The first kappa shape index (κ1) is 17.4. The molecule has 5 rings (SSSR count). The third kappa shape index (κ3) is 2.74. The van der Waals surface area contributed by atoms with Crippen LogP contribution in [0, 0.1) is 0 Å². The van der Waals surface area contributed by atoms with Crippen molar-refractivity contribution in [2.45, 2.75) is 13.3 Å². The molecule has 3 heteroatoms.